The fourth-order valence-electron chi connectivity index (χ4n) is 2.15. The molecular formula is C13H18FN3O5. The first-order valence-electron chi connectivity index (χ1n) is 6.95. The minimum absolute atomic E-state index is 0.0565. The predicted octanol–water partition coefficient (Wildman–Crippen LogP) is -0.0437. The van der Waals surface area contributed by atoms with E-state index in [-0.39, 0.29) is 25.4 Å². The van der Waals surface area contributed by atoms with Crippen LogP contribution in [0, 0.1) is 5.82 Å². The SMILES string of the molecule is CCCC(=O)OC[C@H]1O[C@@H](n2cc(F)c(N)nc2=O)C[C@@H]1O. The molecule has 9 heteroatoms. The quantitative estimate of drug-likeness (QED) is 0.732. The van der Waals surface area contributed by atoms with Crippen LogP contribution in [0.3, 0.4) is 0 Å². The number of aliphatic hydroxyl groups is 1. The summed E-state index contributed by atoms with van der Waals surface area (Å²) in [7, 11) is 0. The molecule has 22 heavy (non-hydrogen) atoms. The van der Waals surface area contributed by atoms with Crippen molar-refractivity contribution in [2.24, 2.45) is 0 Å². The van der Waals surface area contributed by atoms with Crippen LogP contribution in [0.1, 0.15) is 32.4 Å². The Morgan fingerprint density at radius 1 is 1.68 bits per heavy atom. The van der Waals surface area contributed by atoms with E-state index in [1.807, 2.05) is 6.92 Å². The lowest BCUT2D eigenvalue weighted by molar-refractivity contribution is -0.150. The summed E-state index contributed by atoms with van der Waals surface area (Å²) >= 11 is 0. The third-order valence-electron chi connectivity index (χ3n) is 3.31. The van der Waals surface area contributed by atoms with Gasteiger partial charge in [0.15, 0.2) is 11.6 Å². The van der Waals surface area contributed by atoms with E-state index in [4.69, 9.17) is 15.2 Å². The number of aliphatic hydroxyl groups excluding tert-OH is 1. The van der Waals surface area contributed by atoms with Crippen molar-refractivity contribution in [3.05, 3.63) is 22.5 Å². The zero-order chi connectivity index (χ0) is 16.3. The molecule has 1 saturated heterocycles. The van der Waals surface area contributed by atoms with Gasteiger partial charge in [-0.3, -0.25) is 9.36 Å². The van der Waals surface area contributed by atoms with Gasteiger partial charge in [0, 0.05) is 12.8 Å². The maximum absolute atomic E-state index is 13.4. The second-order valence-electron chi connectivity index (χ2n) is 5.03. The molecule has 0 bridgehead atoms. The topological polar surface area (TPSA) is 117 Å². The Bertz CT molecular complexity index is 606. The average Bonchev–Trinajstić information content (AvgIpc) is 2.82. The molecule has 2 rings (SSSR count). The van der Waals surface area contributed by atoms with Gasteiger partial charge in [-0.15, -0.1) is 0 Å². The second kappa shape index (κ2) is 6.84. The van der Waals surface area contributed by atoms with E-state index in [1.165, 1.54) is 0 Å². The van der Waals surface area contributed by atoms with Gasteiger partial charge in [-0.25, -0.2) is 9.18 Å². The van der Waals surface area contributed by atoms with Crippen molar-refractivity contribution in [1.29, 1.82) is 0 Å². The van der Waals surface area contributed by atoms with Crippen LogP contribution in [0.4, 0.5) is 10.2 Å². The molecule has 1 aromatic heterocycles. The summed E-state index contributed by atoms with van der Waals surface area (Å²) < 4.78 is 24.8. The van der Waals surface area contributed by atoms with Crippen LogP contribution in [0.2, 0.25) is 0 Å². The molecule has 3 N–H and O–H groups in total. The van der Waals surface area contributed by atoms with Gasteiger partial charge in [-0.1, -0.05) is 6.92 Å². The molecule has 3 atom stereocenters. The van der Waals surface area contributed by atoms with Gasteiger partial charge in [0.1, 0.15) is 18.9 Å². The van der Waals surface area contributed by atoms with E-state index in [0.717, 1.165) is 10.8 Å². The van der Waals surface area contributed by atoms with Crippen molar-refractivity contribution >= 4 is 11.8 Å². The van der Waals surface area contributed by atoms with Crippen LogP contribution in [0.15, 0.2) is 11.0 Å². The summed E-state index contributed by atoms with van der Waals surface area (Å²) in [6.07, 6.45) is -0.737. The summed E-state index contributed by atoms with van der Waals surface area (Å²) in [5.74, 6) is -1.74. The van der Waals surface area contributed by atoms with E-state index in [2.05, 4.69) is 4.98 Å². The number of carbonyl (C=O) groups is 1. The average molecular weight is 315 g/mol. The zero-order valence-electron chi connectivity index (χ0n) is 12.1. The third-order valence-corrected chi connectivity index (χ3v) is 3.31. The molecule has 2 heterocycles. The van der Waals surface area contributed by atoms with E-state index in [1.54, 1.807) is 0 Å². The van der Waals surface area contributed by atoms with E-state index >= 15 is 0 Å². The molecule has 1 aliphatic rings. The molecular weight excluding hydrogens is 297 g/mol. The molecule has 1 aromatic rings. The first kappa shape index (κ1) is 16.4. The molecule has 1 aliphatic heterocycles. The number of rotatable bonds is 5. The van der Waals surface area contributed by atoms with Crippen LogP contribution in [0.5, 0.6) is 0 Å². The molecule has 0 radical (unpaired) electrons. The smallest absolute Gasteiger partial charge is 0.351 e. The highest BCUT2D eigenvalue weighted by Crippen LogP contribution is 2.28. The molecule has 0 unspecified atom stereocenters. The van der Waals surface area contributed by atoms with Gasteiger partial charge in [-0.05, 0) is 6.42 Å². The van der Waals surface area contributed by atoms with Crippen molar-refractivity contribution in [1.82, 2.24) is 9.55 Å². The van der Waals surface area contributed by atoms with Gasteiger partial charge in [0.25, 0.3) is 0 Å². The minimum atomic E-state index is -0.938. The fourth-order valence-corrected chi connectivity index (χ4v) is 2.15. The van der Waals surface area contributed by atoms with Crippen LogP contribution < -0.4 is 11.4 Å². The first-order valence-corrected chi connectivity index (χ1v) is 6.95. The number of nitrogens with two attached hydrogens (primary N) is 1. The van der Waals surface area contributed by atoms with E-state index in [0.29, 0.717) is 6.42 Å². The van der Waals surface area contributed by atoms with Gasteiger partial charge >= 0.3 is 11.7 Å². The second-order valence-corrected chi connectivity index (χ2v) is 5.03. The third kappa shape index (κ3) is 3.60. The monoisotopic (exact) mass is 315 g/mol. The molecule has 0 amide bonds. The summed E-state index contributed by atoms with van der Waals surface area (Å²) in [5.41, 5.74) is 4.43. The Labute approximate surface area is 125 Å². The van der Waals surface area contributed by atoms with Crippen molar-refractivity contribution in [3.63, 3.8) is 0 Å². The molecule has 0 aliphatic carbocycles. The molecule has 0 aromatic carbocycles. The van der Waals surface area contributed by atoms with E-state index < -0.39 is 35.8 Å². The maximum Gasteiger partial charge on any atom is 0.351 e. The minimum Gasteiger partial charge on any atom is -0.463 e. The Morgan fingerprint density at radius 2 is 2.41 bits per heavy atom. The maximum atomic E-state index is 13.4. The molecule has 1 fully saturated rings. The lowest BCUT2D eigenvalue weighted by Crippen LogP contribution is -2.29. The number of halogens is 1. The highest BCUT2D eigenvalue weighted by molar-refractivity contribution is 5.69. The van der Waals surface area contributed by atoms with Crippen molar-refractivity contribution in [3.8, 4) is 0 Å². The Hall–Kier alpha value is -2.00. The summed E-state index contributed by atoms with van der Waals surface area (Å²) in [5, 5.41) is 9.91. The number of aromatic nitrogens is 2. The number of hydrogen-bond acceptors (Lipinski definition) is 7. The number of anilines is 1. The normalized spacial score (nSPS) is 24.4. The van der Waals surface area contributed by atoms with Crippen LogP contribution in [0.25, 0.3) is 0 Å². The van der Waals surface area contributed by atoms with Crippen LogP contribution in [-0.4, -0.2) is 39.4 Å². The van der Waals surface area contributed by atoms with Gasteiger partial charge < -0.3 is 20.3 Å². The summed E-state index contributed by atoms with van der Waals surface area (Å²) in [4.78, 5) is 26.3. The Morgan fingerprint density at radius 3 is 3.09 bits per heavy atom. The van der Waals surface area contributed by atoms with Crippen molar-refractivity contribution < 1.29 is 23.8 Å². The Balaban J connectivity index is 2.03. The lowest BCUT2D eigenvalue weighted by Gasteiger charge is -2.16. The highest BCUT2D eigenvalue weighted by Gasteiger charge is 2.36. The summed E-state index contributed by atoms with van der Waals surface area (Å²) in [6, 6.07) is 0. The zero-order valence-corrected chi connectivity index (χ0v) is 12.1. The Kier molecular flexibility index (Phi) is 5.09. The van der Waals surface area contributed by atoms with Gasteiger partial charge in [0.05, 0.1) is 12.3 Å². The van der Waals surface area contributed by atoms with E-state index in [9.17, 15) is 19.1 Å². The molecule has 0 saturated carbocycles. The van der Waals surface area contributed by atoms with Gasteiger partial charge in [0.2, 0.25) is 0 Å². The molecule has 122 valence electrons. The van der Waals surface area contributed by atoms with Crippen molar-refractivity contribution in [2.45, 2.75) is 44.6 Å². The van der Waals surface area contributed by atoms with Crippen molar-refractivity contribution in [2.75, 3.05) is 12.3 Å². The van der Waals surface area contributed by atoms with Gasteiger partial charge in [-0.2, -0.15) is 4.98 Å². The fraction of sp³-hybridized carbons (Fsp3) is 0.615. The standard InChI is InChI=1S/C13H18FN3O5/c1-2-3-11(19)21-6-9-8(18)4-10(22-9)17-5-7(14)12(15)16-13(17)20/h5,8-10,18H,2-4,6H2,1H3,(H2,15,16,20)/t8-,9+,10+/m0/s1. The highest BCUT2D eigenvalue weighted by atomic mass is 19.1. The number of nitrogens with zero attached hydrogens (tertiary/aromatic N) is 2. The number of carbonyl (C=O) groups excluding carboxylic acids is 1. The predicted molar refractivity (Wildman–Crippen MR) is 73.3 cm³/mol. The first-order chi connectivity index (χ1) is 10.4. The number of nitrogen functional groups attached to an aromatic ring is 1. The summed E-state index contributed by atoms with van der Waals surface area (Å²) in [6.45, 7) is 1.71. The lowest BCUT2D eigenvalue weighted by atomic mass is 10.2. The molecule has 8 nitrogen and oxygen atoms in total. The number of ether oxygens (including phenoxy) is 2. The van der Waals surface area contributed by atoms with Crippen LogP contribution in [-0.2, 0) is 14.3 Å². The largest absolute Gasteiger partial charge is 0.463 e. The number of hydrogen-bond donors (Lipinski definition) is 2. The molecule has 0 spiro atoms. The number of esters is 1. The van der Waals surface area contributed by atoms with Crippen LogP contribution >= 0.6 is 0 Å².